The summed E-state index contributed by atoms with van der Waals surface area (Å²) in [4.78, 5) is 28.3. The monoisotopic (exact) mass is 392 g/mol. The molecule has 0 radical (unpaired) electrons. The maximum absolute atomic E-state index is 13.4. The Bertz CT molecular complexity index is 906. The highest BCUT2D eigenvalue weighted by atomic mass is 35.5. The molecule has 2 bridgehead atoms. The van der Waals surface area contributed by atoms with Gasteiger partial charge in [-0.15, -0.1) is 0 Å². The van der Waals surface area contributed by atoms with Crippen molar-refractivity contribution >= 4 is 23.3 Å². The first kappa shape index (κ1) is 18.0. The van der Waals surface area contributed by atoms with Crippen molar-refractivity contribution in [3.63, 3.8) is 0 Å². The molecule has 0 unspecified atom stereocenters. The molecule has 6 nitrogen and oxygen atoms in total. The average Bonchev–Trinajstić information content (AvgIpc) is 2.99. The summed E-state index contributed by atoms with van der Waals surface area (Å²) in [5.41, 5.74) is -0.297. The number of amides is 1. The molecule has 1 N–H and O–H groups in total. The number of hydrogen-bond donors (Lipinski definition) is 1. The first-order valence-corrected chi connectivity index (χ1v) is 9.01. The Morgan fingerprint density at radius 2 is 2.11 bits per heavy atom. The summed E-state index contributed by atoms with van der Waals surface area (Å²) < 4.78 is 23.9. The number of nitrogens with zero attached hydrogens (tertiary/aromatic N) is 1. The number of ketones is 1. The standard InChI is InChI=1S/C19H18ClFN2O4/c1-11-22-6-16(27-11)15(24)5-18-8-19(9-18,10-18)23-17(25)7-26-12-2-3-13(20)14(21)4-12/h2-4,6H,5,7-10H2,1H3,(H,23,25). The number of hydrogen-bond acceptors (Lipinski definition) is 5. The van der Waals surface area contributed by atoms with Gasteiger partial charge in [-0.25, -0.2) is 9.37 Å². The Morgan fingerprint density at radius 1 is 1.37 bits per heavy atom. The third kappa shape index (κ3) is 3.43. The van der Waals surface area contributed by atoms with Crippen molar-refractivity contribution in [1.82, 2.24) is 10.3 Å². The van der Waals surface area contributed by atoms with Crippen molar-refractivity contribution in [1.29, 1.82) is 0 Å². The van der Waals surface area contributed by atoms with Gasteiger partial charge in [-0.2, -0.15) is 0 Å². The minimum atomic E-state index is -0.595. The minimum Gasteiger partial charge on any atom is -0.484 e. The van der Waals surface area contributed by atoms with Gasteiger partial charge in [0.1, 0.15) is 11.6 Å². The highest BCUT2D eigenvalue weighted by Crippen LogP contribution is 2.69. The van der Waals surface area contributed by atoms with E-state index >= 15 is 0 Å². The van der Waals surface area contributed by atoms with Crippen molar-refractivity contribution in [2.75, 3.05) is 6.61 Å². The van der Waals surface area contributed by atoms with Crippen LogP contribution in [-0.4, -0.2) is 28.8 Å². The van der Waals surface area contributed by atoms with Gasteiger partial charge in [0.2, 0.25) is 0 Å². The van der Waals surface area contributed by atoms with Crippen molar-refractivity contribution in [2.24, 2.45) is 5.41 Å². The van der Waals surface area contributed by atoms with Crippen LogP contribution in [0.4, 0.5) is 4.39 Å². The number of aryl methyl sites for hydroxylation is 1. The molecule has 2 aromatic rings. The average molecular weight is 393 g/mol. The van der Waals surface area contributed by atoms with Crippen molar-refractivity contribution in [2.45, 2.75) is 38.1 Å². The zero-order valence-corrected chi connectivity index (χ0v) is 15.4. The lowest BCUT2D eigenvalue weighted by atomic mass is 9.38. The molecule has 0 aliphatic heterocycles. The number of halogens is 2. The first-order valence-electron chi connectivity index (χ1n) is 8.63. The lowest BCUT2D eigenvalue weighted by molar-refractivity contribution is -0.164. The third-order valence-corrected chi connectivity index (χ3v) is 5.54. The number of ether oxygens (including phenoxy) is 1. The van der Waals surface area contributed by atoms with Crippen LogP contribution in [0.25, 0.3) is 0 Å². The normalized spacial score (nSPS) is 25.3. The summed E-state index contributed by atoms with van der Waals surface area (Å²) >= 11 is 5.61. The molecule has 3 aliphatic carbocycles. The van der Waals surface area contributed by atoms with Crippen molar-refractivity contribution < 1.29 is 23.1 Å². The number of Topliss-reactive ketones (excluding diaryl/α,β-unsaturated/α-hetero) is 1. The lowest BCUT2D eigenvalue weighted by Gasteiger charge is -2.70. The summed E-state index contributed by atoms with van der Waals surface area (Å²) in [5, 5.41) is 2.97. The van der Waals surface area contributed by atoms with Crippen LogP contribution in [0.5, 0.6) is 5.75 Å². The number of nitrogens with one attached hydrogen (secondary N) is 1. The maximum atomic E-state index is 13.4. The van der Waals surface area contributed by atoms with E-state index < -0.39 is 5.82 Å². The fraction of sp³-hybridized carbons (Fsp3) is 0.421. The van der Waals surface area contributed by atoms with Crippen LogP contribution in [0.15, 0.2) is 28.8 Å². The van der Waals surface area contributed by atoms with E-state index in [4.69, 9.17) is 20.8 Å². The summed E-state index contributed by atoms with van der Waals surface area (Å²) in [6.07, 6.45) is 4.15. The van der Waals surface area contributed by atoms with E-state index in [-0.39, 0.29) is 40.0 Å². The molecule has 0 saturated heterocycles. The quantitative estimate of drug-likeness (QED) is 0.730. The van der Waals surface area contributed by atoms with Gasteiger partial charge in [0.25, 0.3) is 5.91 Å². The first-order chi connectivity index (χ1) is 12.8. The molecule has 142 valence electrons. The van der Waals surface area contributed by atoms with Crippen LogP contribution in [0, 0.1) is 18.2 Å². The molecule has 0 atom stereocenters. The molecule has 1 heterocycles. The third-order valence-electron chi connectivity index (χ3n) is 5.24. The van der Waals surface area contributed by atoms with Crippen LogP contribution >= 0.6 is 11.6 Å². The minimum absolute atomic E-state index is 0.000929. The van der Waals surface area contributed by atoms with Crippen molar-refractivity contribution in [3.05, 3.63) is 46.9 Å². The Labute approximate surface area is 160 Å². The van der Waals surface area contributed by atoms with Crippen LogP contribution in [0.1, 0.15) is 42.1 Å². The second kappa shape index (κ2) is 6.34. The Hall–Kier alpha value is -2.41. The number of carbonyl (C=O) groups excluding carboxylic acids is 2. The van der Waals surface area contributed by atoms with Crippen molar-refractivity contribution in [3.8, 4) is 5.75 Å². The fourth-order valence-corrected chi connectivity index (χ4v) is 4.40. The van der Waals surface area contributed by atoms with E-state index in [1.807, 2.05) is 0 Å². The summed E-state index contributed by atoms with van der Waals surface area (Å²) in [5.74, 6) is 0.0925. The SMILES string of the molecule is Cc1ncc(C(=O)CC23CC(NC(=O)COc4ccc(Cl)c(F)c4)(C2)C3)o1. The van der Waals surface area contributed by atoms with E-state index in [2.05, 4.69) is 10.3 Å². The maximum Gasteiger partial charge on any atom is 0.258 e. The van der Waals surface area contributed by atoms with E-state index in [0.29, 0.717) is 18.1 Å². The lowest BCUT2D eigenvalue weighted by Crippen LogP contribution is -2.75. The van der Waals surface area contributed by atoms with Crippen LogP contribution in [0.2, 0.25) is 5.02 Å². The number of aromatic nitrogens is 1. The number of carbonyl (C=O) groups is 2. The van der Waals surface area contributed by atoms with Gasteiger partial charge in [-0.05, 0) is 36.8 Å². The van der Waals surface area contributed by atoms with Gasteiger partial charge >= 0.3 is 0 Å². The molecule has 8 heteroatoms. The van der Waals surface area contributed by atoms with Gasteiger partial charge in [-0.3, -0.25) is 9.59 Å². The van der Waals surface area contributed by atoms with Gasteiger partial charge in [0.05, 0.1) is 11.2 Å². The predicted octanol–water partition coefficient (Wildman–Crippen LogP) is 3.47. The van der Waals surface area contributed by atoms with Gasteiger partial charge in [-0.1, -0.05) is 11.6 Å². The zero-order chi connectivity index (χ0) is 19.2. The van der Waals surface area contributed by atoms with E-state index in [9.17, 15) is 14.0 Å². The number of rotatable bonds is 7. The topological polar surface area (TPSA) is 81.4 Å². The predicted molar refractivity (Wildman–Crippen MR) is 94.3 cm³/mol. The van der Waals surface area contributed by atoms with Crippen LogP contribution < -0.4 is 10.1 Å². The van der Waals surface area contributed by atoms with E-state index in [1.54, 1.807) is 6.92 Å². The summed E-state index contributed by atoms with van der Waals surface area (Å²) in [7, 11) is 0. The van der Waals surface area contributed by atoms with E-state index in [1.165, 1.54) is 18.3 Å². The smallest absolute Gasteiger partial charge is 0.258 e. The molecular formula is C19H18ClFN2O4. The Balaban J connectivity index is 1.23. The molecule has 3 fully saturated rings. The Morgan fingerprint density at radius 3 is 2.74 bits per heavy atom. The largest absolute Gasteiger partial charge is 0.484 e. The highest BCUT2D eigenvalue weighted by molar-refractivity contribution is 6.30. The molecule has 0 spiro atoms. The second-order valence-corrected chi connectivity index (χ2v) is 7.97. The molecule has 27 heavy (non-hydrogen) atoms. The highest BCUT2D eigenvalue weighted by Gasteiger charge is 2.68. The second-order valence-electron chi connectivity index (χ2n) is 7.57. The van der Waals surface area contributed by atoms with Gasteiger partial charge < -0.3 is 14.5 Å². The van der Waals surface area contributed by atoms with E-state index in [0.717, 1.165) is 25.3 Å². The number of benzene rings is 1. The molecular weight excluding hydrogens is 375 g/mol. The molecule has 3 aliphatic rings. The summed E-state index contributed by atoms with van der Waals surface area (Å²) in [6, 6.07) is 4.02. The molecule has 1 aromatic carbocycles. The molecule has 1 amide bonds. The summed E-state index contributed by atoms with van der Waals surface area (Å²) in [6.45, 7) is 1.49. The van der Waals surface area contributed by atoms with Gasteiger partial charge in [0, 0.05) is 24.9 Å². The number of oxazole rings is 1. The van der Waals surface area contributed by atoms with Crippen LogP contribution in [-0.2, 0) is 4.79 Å². The van der Waals surface area contributed by atoms with Crippen LogP contribution in [0.3, 0.4) is 0 Å². The zero-order valence-electron chi connectivity index (χ0n) is 14.7. The molecule has 1 aromatic heterocycles. The van der Waals surface area contributed by atoms with Gasteiger partial charge in [0.15, 0.2) is 24.0 Å². The Kier molecular flexibility index (Phi) is 4.22. The molecule has 5 rings (SSSR count). The molecule has 3 saturated carbocycles. The fourth-order valence-electron chi connectivity index (χ4n) is 4.28.